The maximum atomic E-state index is 12.7. The number of nitrogens with two attached hydrogens (primary N) is 4. The monoisotopic (exact) mass is 439 g/mol. The highest BCUT2D eigenvalue weighted by atomic mass is 16.4. The van der Waals surface area contributed by atoms with Crippen LogP contribution >= 0.6 is 0 Å². The zero-order valence-corrected chi connectivity index (χ0v) is 16.9. The molecule has 0 unspecified atom stereocenters. The quantitative estimate of drug-likeness (QED) is 0.0816. The van der Waals surface area contributed by atoms with E-state index in [2.05, 4.69) is 25.6 Å². The summed E-state index contributed by atoms with van der Waals surface area (Å²) in [5.41, 5.74) is 21.8. The lowest BCUT2D eigenvalue weighted by Crippen LogP contribution is -2.55. The fraction of sp³-hybridized carbons (Fsp3) is 0.529. The average Bonchev–Trinajstić information content (AvgIpc) is 3.20. The number of nitrogens with one attached hydrogen (secondary N) is 3. The lowest BCUT2D eigenvalue weighted by molar-refractivity contribution is -0.142. The van der Waals surface area contributed by atoms with E-state index in [-0.39, 0.29) is 38.2 Å². The van der Waals surface area contributed by atoms with E-state index in [1.807, 2.05) is 0 Å². The number of H-pyrrole nitrogens is 1. The number of guanidine groups is 1. The Balaban J connectivity index is 2.81. The van der Waals surface area contributed by atoms with Crippen molar-refractivity contribution in [3.63, 3.8) is 0 Å². The predicted molar refractivity (Wildman–Crippen MR) is 110 cm³/mol. The Kier molecular flexibility index (Phi) is 10.5. The first kappa shape index (κ1) is 25.4. The van der Waals surface area contributed by atoms with Gasteiger partial charge in [-0.2, -0.15) is 0 Å². The SMILES string of the molecule is NC(=O)CC[C@H](N)C(=O)N[C@@H](Cc1cnc[nH]1)C(=O)N[C@@H](CCCN=C(N)N)C(=O)O. The number of carbonyl (C=O) groups is 4. The van der Waals surface area contributed by atoms with Crippen LogP contribution < -0.4 is 33.6 Å². The zero-order valence-electron chi connectivity index (χ0n) is 16.9. The number of rotatable bonds is 14. The Morgan fingerprint density at radius 2 is 1.77 bits per heavy atom. The molecule has 1 heterocycles. The lowest BCUT2D eigenvalue weighted by atomic mass is 10.1. The van der Waals surface area contributed by atoms with E-state index in [0.717, 1.165) is 0 Å². The van der Waals surface area contributed by atoms with Gasteiger partial charge in [-0.3, -0.25) is 19.4 Å². The summed E-state index contributed by atoms with van der Waals surface area (Å²) in [5.74, 6) is -3.38. The molecule has 0 saturated heterocycles. The molecule has 0 aliphatic heterocycles. The number of primary amides is 1. The minimum Gasteiger partial charge on any atom is -0.480 e. The third kappa shape index (κ3) is 10.1. The van der Waals surface area contributed by atoms with Crippen LogP contribution in [0.15, 0.2) is 17.5 Å². The first-order valence-electron chi connectivity index (χ1n) is 9.50. The number of aliphatic imine (C=N–C) groups is 1. The number of imidazole rings is 1. The Bertz CT molecular complexity index is 777. The number of aromatic amines is 1. The molecule has 0 radical (unpaired) electrons. The molecule has 31 heavy (non-hydrogen) atoms. The normalized spacial score (nSPS) is 13.5. The van der Waals surface area contributed by atoms with Crippen LogP contribution in [0.1, 0.15) is 31.4 Å². The molecule has 14 heteroatoms. The van der Waals surface area contributed by atoms with Gasteiger partial charge in [0.05, 0.1) is 12.4 Å². The van der Waals surface area contributed by atoms with E-state index in [4.69, 9.17) is 22.9 Å². The number of amides is 3. The van der Waals surface area contributed by atoms with Crippen LogP contribution in [0.3, 0.4) is 0 Å². The molecule has 0 fully saturated rings. The molecule has 3 amide bonds. The number of aliphatic carboxylic acids is 1. The van der Waals surface area contributed by atoms with E-state index >= 15 is 0 Å². The third-order valence-electron chi connectivity index (χ3n) is 4.21. The smallest absolute Gasteiger partial charge is 0.326 e. The average molecular weight is 439 g/mol. The zero-order chi connectivity index (χ0) is 23.4. The molecule has 0 bridgehead atoms. The van der Waals surface area contributed by atoms with Crippen LogP contribution in [0.4, 0.5) is 0 Å². The molecular weight excluding hydrogens is 410 g/mol. The Morgan fingerprint density at radius 1 is 1.10 bits per heavy atom. The van der Waals surface area contributed by atoms with Gasteiger partial charge in [-0.1, -0.05) is 0 Å². The Morgan fingerprint density at radius 3 is 2.32 bits per heavy atom. The molecule has 3 atom stereocenters. The van der Waals surface area contributed by atoms with E-state index in [9.17, 15) is 24.3 Å². The number of hydrogen-bond donors (Lipinski definition) is 8. The second-order valence-electron chi connectivity index (χ2n) is 6.80. The van der Waals surface area contributed by atoms with Gasteiger partial charge in [0.1, 0.15) is 12.1 Å². The van der Waals surface area contributed by atoms with Gasteiger partial charge in [-0.25, -0.2) is 9.78 Å². The second-order valence-corrected chi connectivity index (χ2v) is 6.80. The van der Waals surface area contributed by atoms with E-state index < -0.39 is 41.8 Å². The van der Waals surface area contributed by atoms with Gasteiger partial charge < -0.3 is 43.7 Å². The molecule has 0 aliphatic carbocycles. The van der Waals surface area contributed by atoms with Gasteiger partial charge in [0.2, 0.25) is 17.7 Å². The van der Waals surface area contributed by atoms with Gasteiger partial charge >= 0.3 is 5.97 Å². The molecule has 1 aromatic heterocycles. The topological polar surface area (TPSA) is 258 Å². The van der Waals surface area contributed by atoms with Crippen LogP contribution in [-0.2, 0) is 25.6 Å². The number of carboxylic acids is 1. The second kappa shape index (κ2) is 12.8. The van der Waals surface area contributed by atoms with Crippen LogP contribution in [0, 0.1) is 0 Å². The summed E-state index contributed by atoms with van der Waals surface area (Å²) in [4.78, 5) is 57.9. The van der Waals surface area contributed by atoms with Gasteiger partial charge in [-0.15, -0.1) is 0 Å². The van der Waals surface area contributed by atoms with Gasteiger partial charge in [0.25, 0.3) is 0 Å². The van der Waals surface area contributed by atoms with E-state index in [1.54, 1.807) is 0 Å². The molecule has 0 spiro atoms. The highest BCUT2D eigenvalue weighted by Crippen LogP contribution is 2.04. The first-order chi connectivity index (χ1) is 14.6. The number of aromatic nitrogens is 2. The number of carboxylic acid groups (broad SMARTS) is 1. The number of carbonyl (C=O) groups excluding carboxylic acids is 3. The summed E-state index contributed by atoms with van der Waals surface area (Å²) in [7, 11) is 0. The van der Waals surface area contributed by atoms with Gasteiger partial charge in [0, 0.05) is 31.3 Å². The summed E-state index contributed by atoms with van der Waals surface area (Å²) < 4.78 is 0. The van der Waals surface area contributed by atoms with Crippen LogP contribution in [0.2, 0.25) is 0 Å². The molecule has 14 nitrogen and oxygen atoms in total. The molecule has 12 N–H and O–H groups in total. The Labute approximate surface area is 178 Å². The van der Waals surface area contributed by atoms with E-state index in [1.165, 1.54) is 12.5 Å². The van der Waals surface area contributed by atoms with E-state index in [0.29, 0.717) is 12.1 Å². The third-order valence-corrected chi connectivity index (χ3v) is 4.21. The van der Waals surface area contributed by atoms with Crippen molar-refractivity contribution in [3.05, 3.63) is 18.2 Å². The Hall–Kier alpha value is -3.68. The molecule has 0 aliphatic rings. The first-order valence-corrected chi connectivity index (χ1v) is 9.50. The van der Waals surface area contributed by atoms with Crippen LogP contribution in [-0.4, -0.2) is 69.4 Å². The summed E-state index contributed by atoms with van der Waals surface area (Å²) in [5, 5.41) is 14.3. The molecule has 1 rings (SSSR count). The van der Waals surface area contributed by atoms with Crippen LogP contribution in [0.5, 0.6) is 0 Å². The van der Waals surface area contributed by atoms with Gasteiger partial charge in [0.15, 0.2) is 5.96 Å². The van der Waals surface area contributed by atoms with Gasteiger partial charge in [-0.05, 0) is 19.3 Å². The number of hydrogen-bond acceptors (Lipinski definition) is 7. The fourth-order valence-corrected chi connectivity index (χ4v) is 2.57. The minimum absolute atomic E-state index is 0.00209. The summed E-state index contributed by atoms with van der Waals surface area (Å²) in [6.45, 7) is 0.199. The summed E-state index contributed by atoms with van der Waals surface area (Å²) >= 11 is 0. The van der Waals surface area contributed by atoms with Crippen molar-refractivity contribution in [1.82, 2.24) is 20.6 Å². The minimum atomic E-state index is -1.25. The fourth-order valence-electron chi connectivity index (χ4n) is 2.57. The van der Waals surface area contributed by atoms with Crippen molar-refractivity contribution in [2.45, 2.75) is 50.2 Å². The van der Waals surface area contributed by atoms with Crippen molar-refractivity contribution in [3.8, 4) is 0 Å². The summed E-state index contributed by atoms with van der Waals surface area (Å²) in [6.07, 6.45) is 3.16. The van der Waals surface area contributed by atoms with Crippen molar-refractivity contribution in [1.29, 1.82) is 0 Å². The molecule has 172 valence electrons. The van der Waals surface area contributed by atoms with Crippen molar-refractivity contribution < 1.29 is 24.3 Å². The highest BCUT2D eigenvalue weighted by Gasteiger charge is 2.28. The van der Waals surface area contributed by atoms with Crippen LogP contribution in [0.25, 0.3) is 0 Å². The van der Waals surface area contributed by atoms with Crippen molar-refractivity contribution >= 4 is 29.7 Å². The molecular formula is C17H29N9O5. The number of nitrogens with zero attached hydrogens (tertiary/aromatic N) is 2. The summed E-state index contributed by atoms with van der Waals surface area (Å²) in [6, 6.07) is -3.42. The highest BCUT2D eigenvalue weighted by molar-refractivity contribution is 5.92. The standard InChI is InChI=1S/C17H29N9O5/c18-10(3-4-13(19)27)14(28)26-12(6-9-7-22-8-24-9)15(29)25-11(16(30)31)2-1-5-23-17(20)21/h7-8,10-12H,1-6,18H2,(H2,19,27)(H,22,24)(H,25,29)(H,26,28)(H,30,31)(H4,20,21,23)/t10-,11-,12-/m0/s1. The molecule has 0 aromatic carbocycles. The maximum absolute atomic E-state index is 12.7. The molecule has 0 saturated carbocycles. The molecule has 1 aromatic rings. The lowest BCUT2D eigenvalue weighted by Gasteiger charge is -2.22. The van der Waals surface area contributed by atoms with Crippen molar-refractivity contribution in [2.24, 2.45) is 27.9 Å². The van der Waals surface area contributed by atoms with Crippen molar-refractivity contribution in [2.75, 3.05) is 6.54 Å². The largest absolute Gasteiger partial charge is 0.480 e. The maximum Gasteiger partial charge on any atom is 0.326 e. The predicted octanol–water partition coefficient (Wildman–Crippen LogP) is -3.35.